The Labute approximate surface area is 102 Å². The molecule has 2 rings (SSSR count). The van der Waals surface area contributed by atoms with Crippen LogP contribution in [0.3, 0.4) is 0 Å². The van der Waals surface area contributed by atoms with Crippen molar-refractivity contribution in [1.82, 2.24) is 10.3 Å². The number of pyridine rings is 1. The summed E-state index contributed by atoms with van der Waals surface area (Å²) in [6, 6.07) is 3.60. The fourth-order valence-corrected chi connectivity index (χ4v) is 1.88. The second-order valence-electron chi connectivity index (χ2n) is 4.72. The number of carbonyl (C=O) groups excluding carboxylic acids is 1. The van der Waals surface area contributed by atoms with Crippen molar-refractivity contribution in [3.8, 4) is 0 Å². The molecular formula is C13H19N3O. The van der Waals surface area contributed by atoms with Crippen molar-refractivity contribution >= 4 is 11.7 Å². The van der Waals surface area contributed by atoms with Crippen molar-refractivity contribution in [2.24, 2.45) is 5.41 Å². The van der Waals surface area contributed by atoms with Gasteiger partial charge in [-0.15, -0.1) is 0 Å². The van der Waals surface area contributed by atoms with E-state index in [4.69, 9.17) is 0 Å². The van der Waals surface area contributed by atoms with Crippen LogP contribution < -0.4 is 10.6 Å². The van der Waals surface area contributed by atoms with Crippen LogP contribution in [0.15, 0.2) is 18.3 Å². The third kappa shape index (κ3) is 2.75. The zero-order valence-electron chi connectivity index (χ0n) is 10.4. The monoisotopic (exact) mass is 233 g/mol. The molecule has 0 aliphatic heterocycles. The summed E-state index contributed by atoms with van der Waals surface area (Å²) in [5.41, 5.74) is 1.00. The molecule has 1 aliphatic carbocycles. The third-order valence-corrected chi connectivity index (χ3v) is 3.61. The highest BCUT2D eigenvalue weighted by atomic mass is 16.1. The van der Waals surface area contributed by atoms with Crippen LogP contribution >= 0.6 is 0 Å². The summed E-state index contributed by atoms with van der Waals surface area (Å²) in [7, 11) is 1.81. The van der Waals surface area contributed by atoms with Crippen LogP contribution in [0.5, 0.6) is 0 Å². The Balaban J connectivity index is 1.90. The summed E-state index contributed by atoms with van der Waals surface area (Å²) in [5, 5.41) is 5.92. The lowest BCUT2D eigenvalue weighted by molar-refractivity contribution is 0.0944. The topological polar surface area (TPSA) is 54.0 Å². The quantitative estimate of drug-likeness (QED) is 0.818. The first-order chi connectivity index (χ1) is 8.19. The number of nitrogens with one attached hydrogen (secondary N) is 2. The van der Waals surface area contributed by atoms with Crippen molar-refractivity contribution < 1.29 is 4.79 Å². The van der Waals surface area contributed by atoms with Crippen LogP contribution in [-0.4, -0.2) is 24.5 Å². The second-order valence-corrected chi connectivity index (χ2v) is 4.72. The summed E-state index contributed by atoms with van der Waals surface area (Å²) < 4.78 is 0. The highest BCUT2D eigenvalue weighted by Gasteiger charge is 2.40. The van der Waals surface area contributed by atoms with Gasteiger partial charge in [0.25, 0.3) is 5.91 Å². The highest BCUT2D eigenvalue weighted by molar-refractivity contribution is 5.94. The van der Waals surface area contributed by atoms with Gasteiger partial charge < -0.3 is 10.6 Å². The van der Waals surface area contributed by atoms with Crippen molar-refractivity contribution in [3.63, 3.8) is 0 Å². The Kier molecular flexibility index (Phi) is 3.31. The Morgan fingerprint density at radius 2 is 2.24 bits per heavy atom. The van der Waals surface area contributed by atoms with Crippen LogP contribution in [0.4, 0.5) is 5.82 Å². The van der Waals surface area contributed by atoms with E-state index >= 15 is 0 Å². The number of nitrogens with zero attached hydrogens (tertiary/aromatic N) is 1. The number of rotatable bonds is 5. The first kappa shape index (κ1) is 11.9. The minimum Gasteiger partial charge on any atom is -0.373 e. The maximum absolute atomic E-state index is 11.9. The van der Waals surface area contributed by atoms with Crippen LogP contribution in [-0.2, 0) is 0 Å². The van der Waals surface area contributed by atoms with Gasteiger partial charge in [-0.1, -0.05) is 6.92 Å². The highest BCUT2D eigenvalue weighted by Crippen LogP contribution is 2.47. The van der Waals surface area contributed by atoms with Gasteiger partial charge in [0.1, 0.15) is 5.82 Å². The van der Waals surface area contributed by atoms with Crippen molar-refractivity contribution in [1.29, 1.82) is 0 Å². The van der Waals surface area contributed by atoms with E-state index in [0.717, 1.165) is 18.8 Å². The van der Waals surface area contributed by atoms with Crippen molar-refractivity contribution in [2.45, 2.75) is 26.2 Å². The molecule has 1 amide bonds. The summed E-state index contributed by atoms with van der Waals surface area (Å²) in [6.07, 6.45) is 5.22. The second kappa shape index (κ2) is 4.73. The Hall–Kier alpha value is -1.58. The number of anilines is 1. The zero-order valence-corrected chi connectivity index (χ0v) is 10.4. The predicted octanol–water partition coefficient (Wildman–Crippen LogP) is 2.04. The van der Waals surface area contributed by atoms with E-state index in [-0.39, 0.29) is 5.91 Å². The van der Waals surface area contributed by atoms with E-state index in [0.29, 0.717) is 11.0 Å². The Morgan fingerprint density at radius 1 is 1.47 bits per heavy atom. The minimum absolute atomic E-state index is 0.0279. The number of hydrogen-bond acceptors (Lipinski definition) is 3. The van der Waals surface area contributed by atoms with Gasteiger partial charge in [0, 0.05) is 19.8 Å². The molecule has 17 heavy (non-hydrogen) atoms. The van der Waals surface area contributed by atoms with Gasteiger partial charge in [0.15, 0.2) is 0 Å². The van der Waals surface area contributed by atoms with Crippen molar-refractivity contribution in [3.05, 3.63) is 23.9 Å². The van der Waals surface area contributed by atoms with Gasteiger partial charge in [-0.05, 0) is 36.8 Å². The molecule has 0 unspecified atom stereocenters. The van der Waals surface area contributed by atoms with Gasteiger partial charge >= 0.3 is 0 Å². The average Bonchev–Trinajstić information content (AvgIpc) is 3.17. The molecule has 0 radical (unpaired) electrons. The van der Waals surface area contributed by atoms with E-state index in [1.54, 1.807) is 19.3 Å². The Morgan fingerprint density at radius 3 is 2.71 bits per heavy atom. The zero-order chi connectivity index (χ0) is 12.3. The van der Waals surface area contributed by atoms with Gasteiger partial charge in [-0.2, -0.15) is 0 Å². The molecule has 0 bridgehead atoms. The van der Waals surface area contributed by atoms with Crippen LogP contribution in [0.25, 0.3) is 0 Å². The van der Waals surface area contributed by atoms with E-state index in [1.165, 1.54) is 12.8 Å². The standard InChI is InChI=1S/C13H19N3O/c1-3-13(6-7-13)9-16-12(17)10-4-5-11(14-2)15-8-10/h4-5,8H,3,6-7,9H2,1-2H3,(H,14,15)(H,16,17). The molecule has 1 aromatic heterocycles. The molecule has 92 valence electrons. The average molecular weight is 233 g/mol. The van der Waals surface area contributed by atoms with Crippen LogP contribution in [0.2, 0.25) is 0 Å². The summed E-state index contributed by atoms with van der Waals surface area (Å²) in [5.74, 6) is 0.744. The number of aromatic nitrogens is 1. The lowest BCUT2D eigenvalue weighted by atomic mass is 10.0. The van der Waals surface area contributed by atoms with E-state index in [1.807, 2.05) is 6.07 Å². The first-order valence-electron chi connectivity index (χ1n) is 6.11. The van der Waals surface area contributed by atoms with Crippen LogP contribution in [0.1, 0.15) is 36.5 Å². The molecule has 1 fully saturated rings. The van der Waals surface area contributed by atoms with E-state index in [9.17, 15) is 4.79 Å². The molecular weight excluding hydrogens is 214 g/mol. The molecule has 1 saturated carbocycles. The fraction of sp³-hybridized carbons (Fsp3) is 0.538. The predicted molar refractivity (Wildman–Crippen MR) is 68.1 cm³/mol. The molecule has 0 atom stereocenters. The molecule has 2 N–H and O–H groups in total. The smallest absolute Gasteiger partial charge is 0.252 e. The summed E-state index contributed by atoms with van der Waals surface area (Å²) >= 11 is 0. The SMILES string of the molecule is CCC1(CNC(=O)c2ccc(NC)nc2)CC1. The van der Waals surface area contributed by atoms with Crippen molar-refractivity contribution in [2.75, 3.05) is 18.9 Å². The molecule has 1 aliphatic rings. The molecule has 0 aromatic carbocycles. The first-order valence-corrected chi connectivity index (χ1v) is 6.11. The minimum atomic E-state index is -0.0279. The maximum Gasteiger partial charge on any atom is 0.252 e. The number of carbonyl (C=O) groups is 1. The van der Waals surface area contributed by atoms with E-state index < -0.39 is 0 Å². The number of amides is 1. The molecule has 0 spiro atoms. The normalized spacial score (nSPS) is 16.4. The van der Waals surface area contributed by atoms with Gasteiger partial charge in [-0.25, -0.2) is 4.98 Å². The van der Waals surface area contributed by atoms with Gasteiger partial charge in [0.2, 0.25) is 0 Å². The lowest BCUT2D eigenvalue weighted by Gasteiger charge is -2.13. The molecule has 1 aromatic rings. The Bertz CT molecular complexity index is 396. The van der Waals surface area contributed by atoms with Crippen LogP contribution in [0, 0.1) is 5.41 Å². The number of hydrogen-bond donors (Lipinski definition) is 2. The molecule has 4 nitrogen and oxygen atoms in total. The largest absolute Gasteiger partial charge is 0.373 e. The third-order valence-electron chi connectivity index (χ3n) is 3.61. The summed E-state index contributed by atoms with van der Waals surface area (Å²) in [6.45, 7) is 2.97. The van der Waals surface area contributed by atoms with E-state index in [2.05, 4.69) is 22.5 Å². The van der Waals surface area contributed by atoms with Gasteiger partial charge in [0.05, 0.1) is 5.56 Å². The molecule has 4 heteroatoms. The fourth-order valence-electron chi connectivity index (χ4n) is 1.88. The molecule has 1 heterocycles. The van der Waals surface area contributed by atoms with Gasteiger partial charge in [-0.3, -0.25) is 4.79 Å². The molecule has 0 saturated heterocycles. The lowest BCUT2D eigenvalue weighted by Crippen LogP contribution is -2.30. The maximum atomic E-state index is 11.9. The summed E-state index contributed by atoms with van der Waals surface area (Å²) in [4.78, 5) is 16.0.